The zero-order chi connectivity index (χ0) is 12.8. The van der Waals surface area contributed by atoms with E-state index < -0.39 is 0 Å². The van der Waals surface area contributed by atoms with Crippen LogP contribution >= 0.6 is 11.8 Å². The van der Waals surface area contributed by atoms with Crippen LogP contribution in [0.15, 0.2) is 0 Å². The third kappa shape index (κ3) is 5.08. The lowest BCUT2D eigenvalue weighted by molar-refractivity contribution is 0.0249. The monoisotopic (exact) mass is 272 g/mol. The molecule has 2 aliphatic heterocycles. The topological polar surface area (TPSA) is 24.5 Å². The van der Waals surface area contributed by atoms with E-state index in [1.165, 1.54) is 37.4 Å². The van der Waals surface area contributed by atoms with Crippen LogP contribution in [0, 0.1) is 5.92 Å². The molecule has 0 amide bonds. The third-order valence-electron chi connectivity index (χ3n) is 3.69. The zero-order valence-corrected chi connectivity index (χ0v) is 12.7. The molecule has 0 aliphatic carbocycles. The third-order valence-corrected chi connectivity index (χ3v) is 4.63. The van der Waals surface area contributed by atoms with Crippen LogP contribution in [0.3, 0.4) is 0 Å². The predicted octanol–water partition coefficient (Wildman–Crippen LogP) is 1.83. The van der Waals surface area contributed by atoms with Crippen molar-refractivity contribution in [2.45, 2.75) is 38.9 Å². The van der Waals surface area contributed by atoms with Crippen LogP contribution in [0.2, 0.25) is 0 Å². The lowest BCUT2D eigenvalue weighted by Crippen LogP contribution is -2.39. The van der Waals surface area contributed by atoms with Crippen LogP contribution in [0.4, 0.5) is 0 Å². The van der Waals surface area contributed by atoms with E-state index in [2.05, 4.69) is 35.8 Å². The fraction of sp³-hybridized carbons (Fsp3) is 1.00. The van der Waals surface area contributed by atoms with Gasteiger partial charge in [0.15, 0.2) is 0 Å². The van der Waals surface area contributed by atoms with Crippen molar-refractivity contribution in [3.63, 3.8) is 0 Å². The van der Waals surface area contributed by atoms with Gasteiger partial charge in [0.2, 0.25) is 0 Å². The Balaban J connectivity index is 1.59. The van der Waals surface area contributed by atoms with Crippen LogP contribution in [-0.4, -0.2) is 61.3 Å². The molecule has 0 radical (unpaired) electrons. The van der Waals surface area contributed by atoms with Crippen LogP contribution in [0.1, 0.15) is 26.7 Å². The molecule has 18 heavy (non-hydrogen) atoms. The highest BCUT2D eigenvalue weighted by Gasteiger charge is 2.27. The van der Waals surface area contributed by atoms with Gasteiger partial charge in [-0.2, -0.15) is 11.8 Å². The van der Waals surface area contributed by atoms with Gasteiger partial charge in [-0.1, -0.05) is 13.8 Å². The van der Waals surface area contributed by atoms with Gasteiger partial charge in [-0.3, -0.25) is 4.90 Å². The highest BCUT2D eigenvalue weighted by Crippen LogP contribution is 2.21. The van der Waals surface area contributed by atoms with Crippen molar-refractivity contribution in [2.24, 2.45) is 5.92 Å². The maximum Gasteiger partial charge on any atom is 0.0707 e. The normalized spacial score (nSPS) is 30.2. The van der Waals surface area contributed by atoms with Crippen molar-refractivity contribution >= 4 is 11.8 Å². The standard InChI is InChI=1S/C14H28N2OS/c1-12(2)9-15-10-13-3-4-14(17-13)11-16-5-7-18-8-6-16/h12-15H,3-11H2,1-2H3. The molecule has 2 heterocycles. The van der Waals surface area contributed by atoms with E-state index in [-0.39, 0.29) is 0 Å². The van der Waals surface area contributed by atoms with Gasteiger partial charge >= 0.3 is 0 Å². The molecular weight excluding hydrogens is 244 g/mol. The minimum atomic E-state index is 0.452. The summed E-state index contributed by atoms with van der Waals surface area (Å²) in [6, 6.07) is 0. The fourth-order valence-corrected chi connectivity index (χ4v) is 3.65. The second kappa shape index (κ2) is 7.73. The average molecular weight is 272 g/mol. The summed E-state index contributed by atoms with van der Waals surface area (Å²) < 4.78 is 6.14. The molecule has 2 saturated heterocycles. The fourth-order valence-electron chi connectivity index (χ4n) is 2.67. The summed E-state index contributed by atoms with van der Waals surface area (Å²) in [5.74, 6) is 3.33. The van der Waals surface area contributed by atoms with E-state index in [0.29, 0.717) is 12.2 Å². The molecular formula is C14H28N2OS. The minimum Gasteiger partial charge on any atom is -0.372 e. The van der Waals surface area contributed by atoms with Crippen molar-refractivity contribution < 1.29 is 4.74 Å². The summed E-state index contributed by atoms with van der Waals surface area (Å²) in [6.45, 7) is 10.3. The van der Waals surface area contributed by atoms with Gasteiger partial charge in [-0.15, -0.1) is 0 Å². The highest BCUT2D eigenvalue weighted by molar-refractivity contribution is 7.99. The maximum absolute atomic E-state index is 6.14. The van der Waals surface area contributed by atoms with Crippen molar-refractivity contribution in [3.8, 4) is 0 Å². The first-order valence-electron chi connectivity index (χ1n) is 7.40. The molecule has 106 valence electrons. The number of hydrogen-bond acceptors (Lipinski definition) is 4. The van der Waals surface area contributed by atoms with Crippen LogP contribution in [0.25, 0.3) is 0 Å². The molecule has 2 rings (SSSR count). The van der Waals surface area contributed by atoms with E-state index in [0.717, 1.165) is 25.6 Å². The van der Waals surface area contributed by atoms with Crippen molar-refractivity contribution in [2.75, 3.05) is 44.2 Å². The molecule has 2 aliphatic rings. The van der Waals surface area contributed by atoms with Crippen LogP contribution < -0.4 is 5.32 Å². The van der Waals surface area contributed by atoms with E-state index in [9.17, 15) is 0 Å². The Morgan fingerprint density at radius 3 is 2.67 bits per heavy atom. The molecule has 0 aromatic heterocycles. The van der Waals surface area contributed by atoms with Crippen molar-refractivity contribution in [3.05, 3.63) is 0 Å². The Kier molecular flexibility index (Phi) is 6.29. The number of nitrogens with zero attached hydrogens (tertiary/aromatic N) is 1. The Hall–Kier alpha value is 0.230. The van der Waals surface area contributed by atoms with Gasteiger partial charge in [-0.25, -0.2) is 0 Å². The van der Waals surface area contributed by atoms with E-state index >= 15 is 0 Å². The highest BCUT2D eigenvalue weighted by atomic mass is 32.2. The first-order chi connectivity index (χ1) is 8.74. The molecule has 2 unspecified atom stereocenters. The van der Waals surface area contributed by atoms with E-state index in [1.807, 2.05) is 0 Å². The van der Waals surface area contributed by atoms with E-state index in [1.54, 1.807) is 0 Å². The van der Waals surface area contributed by atoms with E-state index in [4.69, 9.17) is 4.74 Å². The summed E-state index contributed by atoms with van der Waals surface area (Å²) >= 11 is 2.08. The second-order valence-electron chi connectivity index (χ2n) is 5.92. The second-order valence-corrected chi connectivity index (χ2v) is 7.15. The molecule has 0 spiro atoms. The van der Waals surface area contributed by atoms with Crippen LogP contribution in [-0.2, 0) is 4.74 Å². The molecule has 0 aromatic rings. The smallest absolute Gasteiger partial charge is 0.0707 e. The lowest BCUT2D eigenvalue weighted by Gasteiger charge is -2.28. The molecule has 0 aromatic carbocycles. The summed E-state index contributed by atoms with van der Waals surface area (Å²) in [6.07, 6.45) is 3.42. The Morgan fingerprint density at radius 1 is 1.22 bits per heavy atom. The average Bonchev–Trinajstić information content (AvgIpc) is 2.78. The first-order valence-corrected chi connectivity index (χ1v) is 8.56. The molecule has 1 N–H and O–H groups in total. The first kappa shape index (κ1) is 14.6. The molecule has 4 heteroatoms. The van der Waals surface area contributed by atoms with Gasteiger partial charge in [0, 0.05) is 37.7 Å². The Labute approximate surface area is 116 Å². The Bertz CT molecular complexity index is 232. The van der Waals surface area contributed by atoms with Crippen molar-refractivity contribution in [1.82, 2.24) is 10.2 Å². The Morgan fingerprint density at radius 2 is 1.94 bits per heavy atom. The summed E-state index contributed by atoms with van der Waals surface area (Å²) in [7, 11) is 0. The summed E-state index contributed by atoms with van der Waals surface area (Å²) in [5, 5.41) is 3.51. The molecule has 0 bridgehead atoms. The van der Waals surface area contributed by atoms with Gasteiger partial charge in [0.25, 0.3) is 0 Å². The van der Waals surface area contributed by atoms with Gasteiger partial charge in [0.1, 0.15) is 0 Å². The number of ether oxygens (including phenoxy) is 1. The number of nitrogens with one attached hydrogen (secondary N) is 1. The van der Waals surface area contributed by atoms with Crippen molar-refractivity contribution in [1.29, 1.82) is 0 Å². The summed E-state index contributed by atoms with van der Waals surface area (Å²) in [5.41, 5.74) is 0. The predicted molar refractivity (Wildman–Crippen MR) is 79.4 cm³/mol. The maximum atomic E-state index is 6.14. The number of hydrogen-bond donors (Lipinski definition) is 1. The SMILES string of the molecule is CC(C)CNCC1CCC(CN2CCSCC2)O1. The zero-order valence-electron chi connectivity index (χ0n) is 11.9. The largest absolute Gasteiger partial charge is 0.372 e. The van der Waals surface area contributed by atoms with Crippen LogP contribution in [0.5, 0.6) is 0 Å². The number of rotatable bonds is 6. The quantitative estimate of drug-likeness (QED) is 0.797. The van der Waals surface area contributed by atoms with Gasteiger partial charge in [0.05, 0.1) is 12.2 Å². The molecule has 2 fully saturated rings. The molecule has 2 atom stereocenters. The minimum absolute atomic E-state index is 0.452. The molecule has 3 nitrogen and oxygen atoms in total. The lowest BCUT2D eigenvalue weighted by atomic mass is 10.1. The summed E-state index contributed by atoms with van der Waals surface area (Å²) in [4.78, 5) is 2.57. The number of thioether (sulfide) groups is 1. The van der Waals surface area contributed by atoms with Gasteiger partial charge in [-0.05, 0) is 25.3 Å². The van der Waals surface area contributed by atoms with Gasteiger partial charge < -0.3 is 10.1 Å². The molecule has 0 saturated carbocycles.